The van der Waals surface area contributed by atoms with Crippen molar-refractivity contribution in [3.63, 3.8) is 0 Å². The molecule has 18 heavy (non-hydrogen) atoms. The standard InChI is InChI=1S/C15H28N2O/c1-12-3-2-10-17(11-12)15(18)9-6-13-4-7-14(16)8-5-13/h12-14H,2-11,16H2,1H3. The maximum absolute atomic E-state index is 12.2. The van der Waals surface area contributed by atoms with Gasteiger partial charge in [-0.1, -0.05) is 6.92 Å². The zero-order valence-electron chi connectivity index (χ0n) is 11.7. The first-order valence-electron chi connectivity index (χ1n) is 7.68. The highest BCUT2D eigenvalue weighted by Gasteiger charge is 2.23. The Balaban J connectivity index is 1.68. The van der Waals surface area contributed by atoms with Crippen molar-refractivity contribution >= 4 is 5.91 Å². The number of piperidine rings is 1. The average Bonchev–Trinajstić information content (AvgIpc) is 2.38. The fourth-order valence-electron chi connectivity index (χ4n) is 3.38. The summed E-state index contributed by atoms with van der Waals surface area (Å²) in [5.41, 5.74) is 5.91. The van der Waals surface area contributed by atoms with Crippen LogP contribution < -0.4 is 5.73 Å². The molecule has 2 N–H and O–H groups in total. The molecule has 3 nitrogen and oxygen atoms in total. The van der Waals surface area contributed by atoms with Crippen LogP contribution in [0.15, 0.2) is 0 Å². The third-order valence-electron chi connectivity index (χ3n) is 4.67. The fourth-order valence-corrected chi connectivity index (χ4v) is 3.38. The number of nitrogens with two attached hydrogens (primary N) is 1. The maximum Gasteiger partial charge on any atom is 0.222 e. The van der Waals surface area contributed by atoms with E-state index in [1.54, 1.807) is 0 Å². The number of hydrogen-bond donors (Lipinski definition) is 1. The van der Waals surface area contributed by atoms with Crippen LogP contribution in [0.4, 0.5) is 0 Å². The average molecular weight is 252 g/mol. The van der Waals surface area contributed by atoms with Gasteiger partial charge in [-0.3, -0.25) is 4.79 Å². The second-order valence-corrected chi connectivity index (χ2v) is 6.41. The Morgan fingerprint density at radius 3 is 2.61 bits per heavy atom. The molecule has 1 unspecified atom stereocenters. The minimum absolute atomic E-state index is 0.386. The van der Waals surface area contributed by atoms with E-state index in [0.717, 1.165) is 44.7 Å². The van der Waals surface area contributed by atoms with Gasteiger partial charge in [-0.25, -0.2) is 0 Å². The Morgan fingerprint density at radius 2 is 1.94 bits per heavy atom. The van der Waals surface area contributed by atoms with Crippen LogP contribution in [0.25, 0.3) is 0 Å². The van der Waals surface area contributed by atoms with Crippen molar-refractivity contribution in [3.05, 3.63) is 0 Å². The van der Waals surface area contributed by atoms with Crippen molar-refractivity contribution in [2.45, 2.75) is 64.3 Å². The van der Waals surface area contributed by atoms with E-state index in [4.69, 9.17) is 5.73 Å². The predicted molar refractivity (Wildman–Crippen MR) is 74.1 cm³/mol. The molecule has 2 aliphatic rings. The molecule has 0 aromatic carbocycles. The Bertz CT molecular complexity index is 272. The van der Waals surface area contributed by atoms with Crippen LogP contribution in [0.5, 0.6) is 0 Å². The lowest BCUT2D eigenvalue weighted by molar-refractivity contribution is -0.133. The Hall–Kier alpha value is -0.570. The summed E-state index contributed by atoms with van der Waals surface area (Å²) in [5, 5.41) is 0. The third-order valence-corrected chi connectivity index (χ3v) is 4.67. The topological polar surface area (TPSA) is 46.3 Å². The molecule has 0 radical (unpaired) electrons. The number of carbonyl (C=O) groups is 1. The van der Waals surface area contributed by atoms with E-state index >= 15 is 0 Å². The monoisotopic (exact) mass is 252 g/mol. The number of nitrogens with zero attached hydrogens (tertiary/aromatic N) is 1. The molecule has 1 amide bonds. The minimum Gasteiger partial charge on any atom is -0.342 e. The molecule has 0 aromatic heterocycles. The van der Waals surface area contributed by atoms with Gasteiger partial charge in [0.05, 0.1) is 0 Å². The van der Waals surface area contributed by atoms with Gasteiger partial charge in [0.1, 0.15) is 0 Å². The van der Waals surface area contributed by atoms with Gasteiger partial charge >= 0.3 is 0 Å². The predicted octanol–water partition coefficient (Wildman–Crippen LogP) is 2.54. The lowest BCUT2D eigenvalue weighted by Gasteiger charge is -2.32. The normalized spacial score (nSPS) is 33.4. The summed E-state index contributed by atoms with van der Waals surface area (Å²) in [6.07, 6.45) is 9.06. The molecular formula is C15H28N2O. The van der Waals surface area contributed by atoms with E-state index in [-0.39, 0.29) is 0 Å². The molecule has 1 aliphatic carbocycles. The lowest BCUT2D eigenvalue weighted by atomic mass is 9.83. The lowest BCUT2D eigenvalue weighted by Crippen LogP contribution is -2.39. The van der Waals surface area contributed by atoms with Crippen LogP contribution >= 0.6 is 0 Å². The molecule has 104 valence electrons. The van der Waals surface area contributed by atoms with Crippen molar-refractivity contribution in [2.24, 2.45) is 17.6 Å². The van der Waals surface area contributed by atoms with Crippen molar-refractivity contribution in [2.75, 3.05) is 13.1 Å². The second kappa shape index (κ2) is 6.55. The van der Waals surface area contributed by atoms with Gasteiger partial charge in [0.25, 0.3) is 0 Å². The SMILES string of the molecule is CC1CCCN(C(=O)CCC2CCC(N)CC2)C1. The van der Waals surface area contributed by atoms with E-state index in [1.165, 1.54) is 25.7 Å². The number of likely N-dealkylation sites (tertiary alicyclic amines) is 1. The number of amides is 1. The summed E-state index contributed by atoms with van der Waals surface area (Å²) in [6.45, 7) is 4.22. The highest BCUT2D eigenvalue weighted by atomic mass is 16.2. The summed E-state index contributed by atoms with van der Waals surface area (Å²) < 4.78 is 0. The first-order chi connectivity index (χ1) is 8.65. The van der Waals surface area contributed by atoms with Crippen molar-refractivity contribution in [1.29, 1.82) is 0 Å². The zero-order valence-corrected chi connectivity index (χ0v) is 11.7. The van der Waals surface area contributed by atoms with Gasteiger partial charge in [-0.05, 0) is 56.8 Å². The molecule has 3 heteroatoms. The number of hydrogen-bond acceptors (Lipinski definition) is 2. The van der Waals surface area contributed by atoms with E-state index in [2.05, 4.69) is 11.8 Å². The van der Waals surface area contributed by atoms with Gasteiger partial charge in [-0.2, -0.15) is 0 Å². The van der Waals surface area contributed by atoms with Crippen LogP contribution in [0.3, 0.4) is 0 Å². The maximum atomic E-state index is 12.2. The highest BCUT2D eigenvalue weighted by Crippen LogP contribution is 2.27. The molecule has 1 saturated heterocycles. The van der Waals surface area contributed by atoms with E-state index < -0.39 is 0 Å². The molecule has 1 aliphatic heterocycles. The van der Waals surface area contributed by atoms with Gasteiger partial charge in [-0.15, -0.1) is 0 Å². The second-order valence-electron chi connectivity index (χ2n) is 6.41. The van der Waals surface area contributed by atoms with E-state index in [9.17, 15) is 4.79 Å². The first kappa shape index (κ1) is 13.9. The summed E-state index contributed by atoms with van der Waals surface area (Å²) >= 11 is 0. The van der Waals surface area contributed by atoms with Crippen LogP contribution in [0, 0.1) is 11.8 Å². The zero-order chi connectivity index (χ0) is 13.0. The van der Waals surface area contributed by atoms with Crippen molar-refractivity contribution in [3.8, 4) is 0 Å². The Labute approximate surface area is 111 Å². The smallest absolute Gasteiger partial charge is 0.222 e. The third kappa shape index (κ3) is 3.98. The summed E-state index contributed by atoms with van der Waals surface area (Å²) in [5.74, 6) is 1.82. The Morgan fingerprint density at radius 1 is 1.22 bits per heavy atom. The molecule has 1 atom stereocenters. The van der Waals surface area contributed by atoms with Crippen molar-refractivity contribution < 1.29 is 4.79 Å². The quantitative estimate of drug-likeness (QED) is 0.839. The van der Waals surface area contributed by atoms with Gasteiger partial charge in [0.2, 0.25) is 5.91 Å². The summed E-state index contributed by atoms with van der Waals surface area (Å²) in [7, 11) is 0. The molecule has 2 fully saturated rings. The molecular weight excluding hydrogens is 224 g/mol. The van der Waals surface area contributed by atoms with Crippen LogP contribution in [-0.4, -0.2) is 29.9 Å². The number of rotatable bonds is 3. The van der Waals surface area contributed by atoms with Crippen LogP contribution in [0.1, 0.15) is 58.3 Å². The molecule has 0 aromatic rings. The largest absolute Gasteiger partial charge is 0.342 e. The fraction of sp³-hybridized carbons (Fsp3) is 0.933. The number of carbonyl (C=O) groups excluding carboxylic acids is 1. The molecule has 1 saturated carbocycles. The summed E-state index contributed by atoms with van der Waals surface area (Å²) in [6, 6.07) is 0.417. The molecule has 0 spiro atoms. The summed E-state index contributed by atoms with van der Waals surface area (Å²) in [4.78, 5) is 14.2. The molecule has 0 bridgehead atoms. The first-order valence-corrected chi connectivity index (χ1v) is 7.68. The highest BCUT2D eigenvalue weighted by molar-refractivity contribution is 5.76. The van der Waals surface area contributed by atoms with Gasteiger partial charge < -0.3 is 10.6 Å². The van der Waals surface area contributed by atoms with Gasteiger partial charge in [0.15, 0.2) is 0 Å². The van der Waals surface area contributed by atoms with E-state index in [0.29, 0.717) is 17.9 Å². The van der Waals surface area contributed by atoms with Crippen LogP contribution in [-0.2, 0) is 4.79 Å². The van der Waals surface area contributed by atoms with Crippen molar-refractivity contribution in [1.82, 2.24) is 4.90 Å². The van der Waals surface area contributed by atoms with E-state index in [1.807, 2.05) is 0 Å². The van der Waals surface area contributed by atoms with Gasteiger partial charge in [0, 0.05) is 25.6 Å². The Kier molecular flexibility index (Phi) is 5.04. The molecule has 2 rings (SSSR count). The van der Waals surface area contributed by atoms with Crippen LogP contribution in [0.2, 0.25) is 0 Å². The molecule has 1 heterocycles. The minimum atomic E-state index is 0.386.